The molecular weight excluding hydrogens is 721 g/mol. The average Bonchev–Trinajstić information content (AvgIpc) is 3.41. The van der Waals surface area contributed by atoms with Crippen LogP contribution >= 0.6 is 0 Å². The number of nitrogen functional groups attached to an aromatic ring is 1. The van der Waals surface area contributed by atoms with Crippen LogP contribution in [0.5, 0.6) is 0 Å². The number of piperazine rings is 1. The van der Waals surface area contributed by atoms with Gasteiger partial charge in [0.15, 0.2) is 0 Å². The Kier molecular flexibility index (Phi) is 10.1. The fraction of sp³-hybridized carbons (Fsp3) is 0.517. The summed E-state index contributed by atoms with van der Waals surface area (Å²) in [6, 6.07) is 3.66. The molecule has 0 spiro atoms. The predicted octanol–water partition coefficient (Wildman–Crippen LogP) is 2.46. The fourth-order valence-electron chi connectivity index (χ4n) is 5.95. The van der Waals surface area contributed by atoms with Crippen molar-refractivity contribution in [3.05, 3.63) is 59.5 Å². The van der Waals surface area contributed by atoms with Gasteiger partial charge in [-0.15, -0.1) is 0 Å². The maximum atomic E-state index is 14.4. The molecule has 9 nitrogen and oxygen atoms in total. The number of anilines is 2. The van der Waals surface area contributed by atoms with Crippen LogP contribution in [0, 0.1) is 0 Å². The second kappa shape index (κ2) is 13.7. The molecule has 1 aromatic carbocycles. The number of ether oxygens (including phenoxy) is 1. The summed E-state index contributed by atoms with van der Waals surface area (Å²) in [5.74, 6) is -1.21. The normalized spacial score (nSPS) is 22.2. The number of hydrogen-bond donors (Lipinski definition) is 3. The molecule has 41 heavy (non-hydrogen) atoms. The maximum absolute atomic E-state index is 14.4. The van der Waals surface area contributed by atoms with Crippen molar-refractivity contribution in [3.8, 4) is 0 Å². The number of allylic oxidation sites excluding steroid dienone is 2. The summed E-state index contributed by atoms with van der Waals surface area (Å²) in [7, 11) is 0. The Morgan fingerprint density at radius 1 is 1.12 bits per heavy atom. The zero-order valence-electron chi connectivity index (χ0n) is 23.8. The number of likely N-dealkylation sites (tertiary alicyclic amines) is 1. The van der Waals surface area contributed by atoms with Gasteiger partial charge in [0.05, 0.1) is 0 Å². The number of nitrogens with zero attached hydrogens (tertiary/aromatic N) is 4. The van der Waals surface area contributed by atoms with Gasteiger partial charge in [-0.25, -0.2) is 0 Å². The van der Waals surface area contributed by atoms with E-state index in [2.05, 4.69) is 36.6 Å². The second-order valence-electron chi connectivity index (χ2n) is 10.9. The number of amides is 1. The minimum absolute atomic E-state index is 0.0123. The van der Waals surface area contributed by atoms with E-state index in [1.165, 1.54) is 6.08 Å². The SMILES string of the molecule is C=C(CNc1cc(C(=O)N2CCN(CC)CC2)cc(C2CCCN2[C]2=[Tl][NH]C(F)=CC(F)=C2)c1N)N1CCOCC1. The molecule has 5 rings (SSSR count). The van der Waals surface area contributed by atoms with Crippen molar-refractivity contribution in [2.45, 2.75) is 25.8 Å². The number of halogens is 2. The van der Waals surface area contributed by atoms with Crippen LogP contribution in [0.2, 0.25) is 0 Å². The Bertz CT molecular complexity index is 1240. The van der Waals surface area contributed by atoms with E-state index in [-0.39, 0.29) is 11.9 Å². The molecule has 4 aliphatic heterocycles. The molecule has 1 amide bonds. The molecule has 12 heteroatoms. The number of morpholine rings is 1. The van der Waals surface area contributed by atoms with Crippen LogP contribution in [-0.4, -0.2) is 125 Å². The van der Waals surface area contributed by atoms with Crippen LogP contribution in [-0.2, 0) is 4.74 Å². The molecule has 1 atom stereocenters. The van der Waals surface area contributed by atoms with Gasteiger partial charge in [0, 0.05) is 0 Å². The molecule has 0 saturated carbocycles. The topological polar surface area (TPSA) is 89.3 Å². The van der Waals surface area contributed by atoms with Crippen LogP contribution in [0.3, 0.4) is 0 Å². The summed E-state index contributed by atoms with van der Waals surface area (Å²) in [4.78, 5) is 22.4. The van der Waals surface area contributed by atoms with E-state index in [0.717, 1.165) is 72.6 Å². The molecule has 4 aliphatic rings. The zero-order valence-corrected chi connectivity index (χ0v) is 28.3. The first-order chi connectivity index (χ1) is 19.8. The van der Waals surface area contributed by atoms with Gasteiger partial charge < -0.3 is 4.74 Å². The van der Waals surface area contributed by atoms with E-state index >= 15 is 0 Å². The van der Waals surface area contributed by atoms with Crippen molar-refractivity contribution in [3.63, 3.8) is 0 Å². The molecule has 220 valence electrons. The predicted molar refractivity (Wildman–Crippen MR) is 160 cm³/mol. The Morgan fingerprint density at radius 2 is 1.88 bits per heavy atom. The summed E-state index contributed by atoms with van der Waals surface area (Å²) >= 11 is -2.02. The molecule has 1 aromatic rings. The third-order valence-electron chi connectivity index (χ3n) is 8.36. The number of hydrogen-bond acceptors (Lipinski definition) is 8. The average molecular weight is 761 g/mol. The van der Waals surface area contributed by atoms with Crippen molar-refractivity contribution in [1.29, 1.82) is 0 Å². The molecule has 1 unspecified atom stereocenters. The first kappa shape index (κ1) is 30.1. The monoisotopic (exact) mass is 761 g/mol. The van der Waals surface area contributed by atoms with E-state index in [1.807, 2.05) is 17.0 Å². The Balaban J connectivity index is 1.44. The minimum atomic E-state index is -2.02. The zero-order chi connectivity index (χ0) is 28.9. The van der Waals surface area contributed by atoms with Gasteiger partial charge in [-0.2, -0.15) is 0 Å². The molecule has 0 radical (unpaired) electrons. The Morgan fingerprint density at radius 3 is 2.61 bits per heavy atom. The van der Waals surface area contributed by atoms with Gasteiger partial charge >= 0.3 is 242 Å². The van der Waals surface area contributed by atoms with E-state index in [4.69, 9.17) is 10.5 Å². The van der Waals surface area contributed by atoms with Crippen molar-refractivity contribution >= 4 is 44.5 Å². The van der Waals surface area contributed by atoms with Gasteiger partial charge in [0.2, 0.25) is 0 Å². The van der Waals surface area contributed by atoms with Crippen molar-refractivity contribution in [2.75, 3.05) is 83.2 Å². The first-order valence-electron chi connectivity index (χ1n) is 14.5. The van der Waals surface area contributed by atoms with Crippen LogP contribution in [0.1, 0.15) is 41.7 Å². The summed E-state index contributed by atoms with van der Waals surface area (Å²) in [6.07, 6.45) is 4.09. The van der Waals surface area contributed by atoms with Crippen LogP contribution in [0.15, 0.2) is 48.3 Å². The number of benzene rings is 1. The molecular formula is C29H40F2N7O2Tl. The van der Waals surface area contributed by atoms with Gasteiger partial charge in [0.25, 0.3) is 0 Å². The second-order valence-corrected chi connectivity index (χ2v) is 15.4. The molecule has 4 N–H and O–H groups in total. The number of carbonyl (C=O) groups is 1. The van der Waals surface area contributed by atoms with Gasteiger partial charge in [-0.1, -0.05) is 6.92 Å². The van der Waals surface area contributed by atoms with Gasteiger partial charge in [-0.05, 0) is 0 Å². The van der Waals surface area contributed by atoms with E-state index in [1.54, 1.807) is 0 Å². The summed E-state index contributed by atoms with van der Waals surface area (Å²) < 4.78 is 37.5. The molecule has 3 saturated heterocycles. The first-order valence-corrected chi connectivity index (χ1v) is 19.0. The molecule has 0 aliphatic carbocycles. The number of rotatable bonds is 8. The number of carbonyl (C=O) groups excluding carboxylic acids is 1. The van der Waals surface area contributed by atoms with E-state index in [0.29, 0.717) is 49.8 Å². The van der Waals surface area contributed by atoms with Crippen molar-refractivity contribution in [1.82, 2.24) is 22.7 Å². The standard InChI is InChI=1S/C29H40F2N7O2.Tl/c1-3-35-9-11-38(12-10-35)29(39)22-17-24(26-5-4-7-37(26)8-6-23(30)19-27(31)32)28(33)25(18-22)34-20-21(2)36-13-15-40-16-14-36;/h6,17-19,26,32,34H,2-5,7,9-16,20H2,1H3,(H2,33,39);/q-1;+1. The van der Waals surface area contributed by atoms with Crippen molar-refractivity contribution in [2.24, 2.45) is 0 Å². The summed E-state index contributed by atoms with van der Waals surface area (Å²) in [6.45, 7) is 14.6. The number of likely N-dealkylation sites (N-methyl/N-ethyl adjacent to an activating group) is 1. The Hall–Kier alpha value is -2.36. The Labute approximate surface area is 253 Å². The van der Waals surface area contributed by atoms with Crippen LogP contribution < -0.4 is 14.2 Å². The molecule has 3 fully saturated rings. The van der Waals surface area contributed by atoms with Crippen LogP contribution in [0.25, 0.3) is 0 Å². The number of nitrogens with two attached hydrogens (primary N) is 1. The van der Waals surface area contributed by atoms with E-state index < -0.39 is 35.8 Å². The van der Waals surface area contributed by atoms with Gasteiger partial charge in [0.1, 0.15) is 0 Å². The number of nitrogens with one attached hydrogen (secondary N) is 2. The molecule has 0 aromatic heterocycles. The molecule has 4 heterocycles. The molecule has 0 bridgehead atoms. The quantitative estimate of drug-likeness (QED) is 0.212. The van der Waals surface area contributed by atoms with Crippen molar-refractivity contribution < 1.29 is 18.3 Å². The van der Waals surface area contributed by atoms with Gasteiger partial charge in [-0.3, -0.25) is 0 Å². The van der Waals surface area contributed by atoms with Crippen LogP contribution in [0.4, 0.5) is 20.2 Å². The third kappa shape index (κ3) is 7.17. The summed E-state index contributed by atoms with van der Waals surface area (Å²) in [5, 5.41) is 3.47. The van der Waals surface area contributed by atoms with E-state index in [9.17, 15) is 13.6 Å². The fourth-order valence-corrected chi connectivity index (χ4v) is 10.2. The summed E-state index contributed by atoms with van der Waals surface area (Å²) in [5.41, 5.74) is 10.5. The third-order valence-corrected chi connectivity index (χ3v) is 13.1.